The third kappa shape index (κ3) is 2.12. The summed E-state index contributed by atoms with van der Waals surface area (Å²) in [6.07, 6.45) is 0. The van der Waals surface area contributed by atoms with E-state index in [0.29, 0.717) is 0 Å². The maximum atomic E-state index is 9.60. The van der Waals surface area contributed by atoms with Gasteiger partial charge >= 0.3 is 0 Å². The second-order valence-corrected chi connectivity index (χ2v) is 5.87. The number of H-pyrrole nitrogens is 1. The van der Waals surface area contributed by atoms with Crippen molar-refractivity contribution in [2.24, 2.45) is 0 Å². The molecule has 3 N–H and O–H groups in total. The fourth-order valence-corrected chi connectivity index (χ4v) is 3.20. The Labute approximate surface area is 130 Å². The lowest BCUT2D eigenvalue weighted by Crippen LogP contribution is -1.80. The van der Waals surface area contributed by atoms with E-state index in [0.717, 1.165) is 32.9 Å². The molecule has 4 aromatic rings. The molecule has 2 aromatic carbocycles. The smallest absolute Gasteiger partial charge is 0.158 e. The van der Waals surface area contributed by atoms with Crippen LogP contribution in [0.15, 0.2) is 53.9 Å². The third-order valence-corrected chi connectivity index (χ3v) is 4.41. The van der Waals surface area contributed by atoms with Crippen molar-refractivity contribution < 1.29 is 10.2 Å². The quantitative estimate of drug-likeness (QED) is 0.482. The molecule has 0 amide bonds. The van der Waals surface area contributed by atoms with Gasteiger partial charge in [-0.3, -0.25) is 0 Å². The number of aromatic nitrogens is 2. The summed E-state index contributed by atoms with van der Waals surface area (Å²) >= 11 is 1.54. The number of nitrogens with zero attached hydrogens (tertiary/aromatic N) is 1. The molecular formula is C17H12N2O2S. The Morgan fingerprint density at radius 1 is 0.955 bits per heavy atom. The van der Waals surface area contributed by atoms with E-state index in [4.69, 9.17) is 0 Å². The minimum atomic E-state index is -0.141. The summed E-state index contributed by atoms with van der Waals surface area (Å²) in [5.74, 6) is -0.271. The molecule has 0 aliphatic heterocycles. The predicted octanol–water partition coefficient (Wildman–Crippen LogP) is 4.37. The lowest BCUT2D eigenvalue weighted by molar-refractivity contribution is 0.404. The Balaban J connectivity index is 1.75. The molecular weight excluding hydrogens is 296 g/mol. The van der Waals surface area contributed by atoms with Crippen molar-refractivity contribution in [2.75, 3.05) is 0 Å². The molecule has 0 aliphatic rings. The van der Waals surface area contributed by atoms with Crippen LogP contribution in [0.1, 0.15) is 0 Å². The van der Waals surface area contributed by atoms with Crippen molar-refractivity contribution in [1.29, 1.82) is 0 Å². The first kappa shape index (κ1) is 12.9. The van der Waals surface area contributed by atoms with Crippen LogP contribution in [-0.2, 0) is 0 Å². The van der Waals surface area contributed by atoms with E-state index in [2.05, 4.69) is 22.1 Å². The van der Waals surface area contributed by atoms with Crippen LogP contribution >= 0.6 is 11.3 Å². The van der Waals surface area contributed by atoms with E-state index in [1.165, 1.54) is 23.5 Å². The van der Waals surface area contributed by atoms with Gasteiger partial charge in [0.05, 0.1) is 11.4 Å². The number of para-hydroxylation sites is 1. The summed E-state index contributed by atoms with van der Waals surface area (Å²) in [6.45, 7) is 0. The number of phenolic OH excluding ortho intramolecular Hbond substituents is 2. The average molecular weight is 308 g/mol. The molecule has 0 saturated carbocycles. The summed E-state index contributed by atoms with van der Waals surface area (Å²) in [4.78, 5) is 7.97. The molecule has 0 aliphatic carbocycles. The van der Waals surface area contributed by atoms with Crippen LogP contribution in [0.4, 0.5) is 0 Å². The molecule has 22 heavy (non-hydrogen) atoms. The zero-order valence-corrected chi connectivity index (χ0v) is 12.3. The number of phenols is 2. The largest absolute Gasteiger partial charge is 0.504 e. The number of fused-ring (bicyclic) bond motifs is 1. The number of thiazole rings is 1. The Morgan fingerprint density at radius 3 is 2.64 bits per heavy atom. The first-order chi connectivity index (χ1) is 10.7. The molecule has 0 fully saturated rings. The summed E-state index contributed by atoms with van der Waals surface area (Å²) in [6, 6.07) is 14.9. The molecule has 4 rings (SSSR count). The molecule has 4 nitrogen and oxygen atoms in total. The van der Waals surface area contributed by atoms with Crippen LogP contribution < -0.4 is 0 Å². The first-order valence-electron chi connectivity index (χ1n) is 6.77. The second kappa shape index (κ2) is 4.89. The summed E-state index contributed by atoms with van der Waals surface area (Å²) in [5.41, 5.74) is 3.60. The Kier molecular flexibility index (Phi) is 2.87. The number of aromatic amines is 1. The highest BCUT2D eigenvalue weighted by Crippen LogP contribution is 2.34. The van der Waals surface area contributed by atoms with Crippen LogP contribution in [0, 0.1) is 0 Å². The van der Waals surface area contributed by atoms with E-state index >= 15 is 0 Å². The summed E-state index contributed by atoms with van der Waals surface area (Å²) in [5, 5.41) is 23.0. The van der Waals surface area contributed by atoms with Crippen LogP contribution in [0.2, 0.25) is 0 Å². The zero-order chi connectivity index (χ0) is 15.1. The van der Waals surface area contributed by atoms with Gasteiger partial charge in [0, 0.05) is 21.8 Å². The number of rotatable bonds is 2. The minimum absolute atomic E-state index is 0.130. The highest BCUT2D eigenvalue weighted by molar-refractivity contribution is 7.13. The minimum Gasteiger partial charge on any atom is -0.504 e. The van der Waals surface area contributed by atoms with Crippen molar-refractivity contribution in [3.05, 3.63) is 53.9 Å². The topological polar surface area (TPSA) is 69.1 Å². The third-order valence-electron chi connectivity index (χ3n) is 3.54. The van der Waals surface area contributed by atoms with Gasteiger partial charge in [-0.25, -0.2) is 4.98 Å². The fourth-order valence-electron chi connectivity index (χ4n) is 2.40. The van der Waals surface area contributed by atoms with Crippen LogP contribution in [-0.4, -0.2) is 20.2 Å². The Bertz CT molecular complexity index is 939. The van der Waals surface area contributed by atoms with Gasteiger partial charge in [-0.15, -0.1) is 11.3 Å². The van der Waals surface area contributed by atoms with Crippen LogP contribution in [0.3, 0.4) is 0 Å². The number of benzene rings is 2. The summed E-state index contributed by atoms with van der Waals surface area (Å²) in [7, 11) is 0. The fraction of sp³-hybridized carbons (Fsp3) is 0. The monoisotopic (exact) mass is 308 g/mol. The molecule has 2 aromatic heterocycles. The molecule has 0 bridgehead atoms. The highest BCUT2D eigenvalue weighted by Gasteiger charge is 2.10. The molecule has 0 unspecified atom stereocenters. The average Bonchev–Trinajstić information content (AvgIpc) is 3.15. The van der Waals surface area contributed by atoms with Crippen molar-refractivity contribution in [1.82, 2.24) is 9.97 Å². The lowest BCUT2D eigenvalue weighted by Gasteiger charge is -2.00. The van der Waals surface area contributed by atoms with Gasteiger partial charge in [0.1, 0.15) is 5.01 Å². The van der Waals surface area contributed by atoms with Crippen molar-refractivity contribution in [3.8, 4) is 33.5 Å². The molecule has 0 atom stereocenters. The van der Waals surface area contributed by atoms with Crippen LogP contribution in [0.25, 0.3) is 32.9 Å². The maximum absolute atomic E-state index is 9.60. The van der Waals surface area contributed by atoms with Gasteiger partial charge < -0.3 is 15.2 Å². The predicted molar refractivity (Wildman–Crippen MR) is 88.2 cm³/mol. The number of aromatic hydroxyl groups is 2. The number of hydrogen-bond acceptors (Lipinski definition) is 4. The van der Waals surface area contributed by atoms with E-state index < -0.39 is 0 Å². The Morgan fingerprint density at radius 2 is 1.82 bits per heavy atom. The van der Waals surface area contributed by atoms with Gasteiger partial charge in [0.2, 0.25) is 0 Å². The zero-order valence-electron chi connectivity index (χ0n) is 11.4. The van der Waals surface area contributed by atoms with Gasteiger partial charge in [0.15, 0.2) is 11.5 Å². The maximum Gasteiger partial charge on any atom is 0.158 e. The Hall–Kier alpha value is -2.79. The van der Waals surface area contributed by atoms with Gasteiger partial charge in [-0.1, -0.05) is 18.2 Å². The van der Waals surface area contributed by atoms with E-state index in [9.17, 15) is 10.2 Å². The summed E-state index contributed by atoms with van der Waals surface area (Å²) < 4.78 is 0. The van der Waals surface area contributed by atoms with E-state index in [1.54, 1.807) is 6.07 Å². The van der Waals surface area contributed by atoms with Gasteiger partial charge in [-0.2, -0.15) is 0 Å². The first-order valence-corrected chi connectivity index (χ1v) is 7.65. The van der Waals surface area contributed by atoms with Crippen molar-refractivity contribution in [3.63, 3.8) is 0 Å². The lowest BCUT2D eigenvalue weighted by atomic mass is 10.1. The van der Waals surface area contributed by atoms with E-state index in [1.807, 2.05) is 23.6 Å². The van der Waals surface area contributed by atoms with Crippen molar-refractivity contribution in [2.45, 2.75) is 0 Å². The number of nitrogens with one attached hydrogen (secondary N) is 1. The van der Waals surface area contributed by atoms with Crippen LogP contribution in [0.5, 0.6) is 11.5 Å². The molecule has 5 heteroatoms. The normalized spacial score (nSPS) is 11.1. The number of hydrogen-bond donors (Lipinski definition) is 3. The standard InChI is InChI=1S/C17H12N2O2S/c20-15-6-5-11(8-16(15)21)14-9-22-17(19-14)13-7-10-3-1-2-4-12(10)18-13/h1-9,18,20-21H. The molecule has 2 heterocycles. The highest BCUT2D eigenvalue weighted by atomic mass is 32.1. The second-order valence-electron chi connectivity index (χ2n) is 5.01. The van der Waals surface area contributed by atoms with Gasteiger partial charge in [-0.05, 0) is 30.3 Å². The molecule has 108 valence electrons. The van der Waals surface area contributed by atoms with E-state index in [-0.39, 0.29) is 11.5 Å². The molecule has 0 saturated heterocycles. The van der Waals surface area contributed by atoms with Crippen molar-refractivity contribution >= 4 is 22.2 Å². The molecule has 0 spiro atoms. The van der Waals surface area contributed by atoms with Gasteiger partial charge in [0.25, 0.3) is 0 Å². The SMILES string of the molecule is Oc1ccc(-c2csc(-c3cc4ccccc4[nH]3)n2)cc1O. The molecule has 0 radical (unpaired) electrons.